The maximum Gasteiger partial charge on any atom is 0.343 e. The topological polar surface area (TPSA) is 48.7 Å². The second-order valence-corrected chi connectivity index (χ2v) is 7.81. The molecule has 2 aromatic heterocycles. The van der Waals surface area contributed by atoms with Crippen LogP contribution in [0.5, 0.6) is 11.5 Å². The molecule has 0 N–H and O–H groups in total. The highest BCUT2D eigenvalue weighted by Gasteiger charge is 2.52. The van der Waals surface area contributed by atoms with Crippen LogP contribution in [0.4, 0.5) is 0 Å². The van der Waals surface area contributed by atoms with E-state index in [1.807, 2.05) is 60.0 Å². The number of para-hydroxylation sites is 2. The molecule has 0 saturated heterocycles. The highest BCUT2D eigenvalue weighted by Crippen LogP contribution is 2.55. The van der Waals surface area contributed by atoms with Crippen LogP contribution in [0.25, 0.3) is 11.0 Å². The third-order valence-electron chi connectivity index (χ3n) is 5.35. The zero-order valence-corrected chi connectivity index (χ0v) is 15.0. The summed E-state index contributed by atoms with van der Waals surface area (Å²) < 4.78 is 18.6. The van der Waals surface area contributed by atoms with Crippen LogP contribution in [0.2, 0.25) is 0 Å². The van der Waals surface area contributed by atoms with Gasteiger partial charge in [-0.25, -0.2) is 4.79 Å². The maximum absolute atomic E-state index is 12.9. The fraction of sp³-hybridized carbons (Fsp3) is 0.136. The van der Waals surface area contributed by atoms with E-state index in [4.69, 9.17) is 13.9 Å². The molecule has 2 aliphatic rings. The second-order valence-electron chi connectivity index (χ2n) is 6.86. The van der Waals surface area contributed by atoms with Gasteiger partial charge in [0.2, 0.25) is 0 Å². The number of fused-ring (bicyclic) bond motifs is 8. The molecule has 2 aliphatic heterocycles. The molecule has 2 aromatic carbocycles. The van der Waals surface area contributed by atoms with Gasteiger partial charge in [0.05, 0.1) is 15.8 Å². The molecule has 0 amide bonds. The predicted molar refractivity (Wildman–Crippen MR) is 103 cm³/mol. The lowest BCUT2D eigenvalue weighted by molar-refractivity contribution is -0.145. The van der Waals surface area contributed by atoms with E-state index in [0.29, 0.717) is 23.3 Å². The van der Waals surface area contributed by atoms with Crippen molar-refractivity contribution in [2.45, 2.75) is 18.1 Å². The largest absolute Gasteiger partial charge is 0.447 e. The summed E-state index contributed by atoms with van der Waals surface area (Å²) in [5.41, 5.74) is 1.76. The van der Waals surface area contributed by atoms with Crippen molar-refractivity contribution in [3.05, 3.63) is 92.5 Å². The van der Waals surface area contributed by atoms with Crippen molar-refractivity contribution in [1.29, 1.82) is 0 Å². The molecule has 0 fully saturated rings. The number of ether oxygens (including phenoxy) is 2. The third-order valence-corrected chi connectivity index (χ3v) is 6.35. The van der Waals surface area contributed by atoms with E-state index in [0.717, 1.165) is 21.6 Å². The predicted octanol–water partition coefficient (Wildman–Crippen LogP) is 5.01. The van der Waals surface area contributed by atoms with Crippen molar-refractivity contribution in [2.24, 2.45) is 0 Å². The Morgan fingerprint density at radius 3 is 2.70 bits per heavy atom. The summed E-state index contributed by atoms with van der Waals surface area (Å²) in [6.45, 7) is 0. The molecule has 0 spiro atoms. The third kappa shape index (κ3) is 2.00. The molecular weight excluding hydrogens is 360 g/mol. The van der Waals surface area contributed by atoms with Crippen molar-refractivity contribution in [3.63, 3.8) is 0 Å². The number of hydrogen-bond acceptors (Lipinski definition) is 5. The van der Waals surface area contributed by atoms with Crippen molar-refractivity contribution in [3.8, 4) is 11.5 Å². The van der Waals surface area contributed by atoms with Crippen molar-refractivity contribution in [1.82, 2.24) is 0 Å². The first-order valence-corrected chi connectivity index (χ1v) is 9.70. The fourth-order valence-electron chi connectivity index (χ4n) is 4.19. The van der Waals surface area contributed by atoms with E-state index in [1.54, 1.807) is 17.4 Å². The van der Waals surface area contributed by atoms with Crippen LogP contribution in [-0.4, -0.2) is 0 Å². The van der Waals surface area contributed by atoms with E-state index in [2.05, 4.69) is 0 Å². The first-order chi connectivity index (χ1) is 13.3. The Bertz CT molecular complexity index is 1240. The SMILES string of the molecule is O=c1oc2ccccc2c2c1[C@H]1C[C@](c3cccs3)(Oc3ccccc31)O2. The smallest absolute Gasteiger partial charge is 0.343 e. The van der Waals surface area contributed by atoms with E-state index in [9.17, 15) is 4.79 Å². The normalized spacial score (nSPS) is 22.4. The lowest BCUT2D eigenvalue weighted by atomic mass is 9.80. The maximum atomic E-state index is 12.9. The van der Waals surface area contributed by atoms with Crippen LogP contribution >= 0.6 is 11.3 Å². The molecule has 132 valence electrons. The summed E-state index contributed by atoms with van der Waals surface area (Å²) in [7, 11) is 0. The Balaban J connectivity index is 1.72. The molecule has 0 aliphatic carbocycles. The van der Waals surface area contributed by atoms with Gasteiger partial charge in [0.15, 0.2) is 0 Å². The molecule has 5 heteroatoms. The number of thiophene rings is 1. The molecule has 2 bridgehead atoms. The zero-order valence-electron chi connectivity index (χ0n) is 14.2. The average molecular weight is 374 g/mol. The monoisotopic (exact) mass is 374 g/mol. The van der Waals surface area contributed by atoms with Gasteiger partial charge in [-0.1, -0.05) is 36.4 Å². The van der Waals surface area contributed by atoms with Crippen LogP contribution < -0.4 is 15.1 Å². The molecule has 0 radical (unpaired) electrons. The van der Waals surface area contributed by atoms with Crippen LogP contribution in [0.3, 0.4) is 0 Å². The summed E-state index contributed by atoms with van der Waals surface area (Å²) in [6, 6.07) is 19.3. The van der Waals surface area contributed by atoms with Gasteiger partial charge >= 0.3 is 5.63 Å². The summed E-state index contributed by atoms with van der Waals surface area (Å²) in [5, 5.41) is 2.81. The number of rotatable bonds is 1. The van der Waals surface area contributed by atoms with E-state index in [1.165, 1.54) is 0 Å². The van der Waals surface area contributed by atoms with Gasteiger partial charge in [0.1, 0.15) is 17.1 Å². The lowest BCUT2D eigenvalue weighted by Gasteiger charge is -2.45. The van der Waals surface area contributed by atoms with Crippen molar-refractivity contribution in [2.75, 3.05) is 0 Å². The first kappa shape index (κ1) is 15.1. The van der Waals surface area contributed by atoms with Gasteiger partial charge in [-0.15, -0.1) is 11.3 Å². The minimum absolute atomic E-state index is 0.137. The minimum Gasteiger partial charge on any atom is -0.447 e. The van der Waals surface area contributed by atoms with Gasteiger partial charge < -0.3 is 13.9 Å². The highest BCUT2D eigenvalue weighted by atomic mass is 32.1. The molecule has 27 heavy (non-hydrogen) atoms. The fourth-order valence-corrected chi connectivity index (χ4v) is 4.99. The Kier molecular flexibility index (Phi) is 2.92. The summed E-state index contributed by atoms with van der Waals surface area (Å²) in [5.74, 6) is 0.250. The van der Waals surface area contributed by atoms with Gasteiger partial charge in [-0.05, 0) is 29.6 Å². The second kappa shape index (κ2) is 5.24. The molecule has 2 atom stereocenters. The molecule has 6 rings (SSSR count). The van der Waals surface area contributed by atoms with Crippen LogP contribution in [0.1, 0.15) is 28.3 Å². The van der Waals surface area contributed by atoms with Gasteiger partial charge in [-0.2, -0.15) is 0 Å². The summed E-state index contributed by atoms with van der Waals surface area (Å²) >= 11 is 1.60. The van der Waals surface area contributed by atoms with E-state index >= 15 is 0 Å². The van der Waals surface area contributed by atoms with Crippen LogP contribution in [-0.2, 0) is 5.79 Å². The van der Waals surface area contributed by atoms with E-state index < -0.39 is 5.79 Å². The average Bonchev–Trinajstić information content (AvgIpc) is 3.23. The van der Waals surface area contributed by atoms with Crippen molar-refractivity contribution < 1.29 is 13.9 Å². The lowest BCUT2D eigenvalue weighted by Crippen LogP contribution is -2.47. The number of hydrogen-bond donors (Lipinski definition) is 0. The molecule has 4 aromatic rings. The Morgan fingerprint density at radius 1 is 0.963 bits per heavy atom. The Morgan fingerprint density at radius 2 is 1.81 bits per heavy atom. The minimum atomic E-state index is -0.934. The van der Waals surface area contributed by atoms with Gasteiger partial charge in [0, 0.05) is 17.9 Å². The number of benzene rings is 2. The standard InChI is InChI=1S/C22H14O4S/c23-21-19-15-12-22(18-10-5-11-27-18,25-17-9-4-1-6-13(15)17)26-20(19)14-7-2-3-8-16(14)24-21/h1-11,15H,12H2/t15-,22-/m0/s1. The first-order valence-electron chi connectivity index (χ1n) is 8.82. The summed E-state index contributed by atoms with van der Waals surface area (Å²) in [6.07, 6.45) is 0.542. The Hall–Kier alpha value is -3.05. The van der Waals surface area contributed by atoms with Crippen molar-refractivity contribution >= 4 is 22.3 Å². The highest BCUT2D eigenvalue weighted by molar-refractivity contribution is 7.10. The van der Waals surface area contributed by atoms with Gasteiger partial charge in [-0.3, -0.25) is 0 Å². The quantitative estimate of drug-likeness (QED) is 0.439. The molecule has 0 saturated carbocycles. The van der Waals surface area contributed by atoms with Crippen LogP contribution in [0, 0.1) is 0 Å². The zero-order chi connectivity index (χ0) is 18.0. The van der Waals surface area contributed by atoms with E-state index in [-0.39, 0.29) is 11.5 Å². The summed E-state index contributed by atoms with van der Waals surface area (Å²) in [4.78, 5) is 13.9. The molecule has 4 heterocycles. The Labute approximate surface area is 158 Å². The molecular formula is C22H14O4S. The van der Waals surface area contributed by atoms with Crippen LogP contribution in [0.15, 0.2) is 75.3 Å². The molecule has 4 nitrogen and oxygen atoms in total. The molecule has 0 unspecified atom stereocenters. The van der Waals surface area contributed by atoms with Gasteiger partial charge in [0.25, 0.3) is 5.79 Å².